The Morgan fingerprint density at radius 2 is 1.06 bits per heavy atom. The molecule has 1 heterocycles. The van der Waals surface area contributed by atoms with E-state index in [-0.39, 0.29) is 12.5 Å². The Hall–Kier alpha value is -1.33. The van der Waals surface area contributed by atoms with Crippen LogP contribution in [0.1, 0.15) is 200 Å². The maximum absolute atomic E-state index is 12.9. The fourth-order valence-electron chi connectivity index (χ4n) is 7.11. The Kier molecular flexibility index (Phi) is 33.8. The summed E-state index contributed by atoms with van der Waals surface area (Å²) in [4.78, 5) is 12.9. The number of hydrogen-bond donors (Lipinski definition) is 6. The first-order chi connectivity index (χ1) is 26.3. The number of carbonyl (C=O) groups is 1. The van der Waals surface area contributed by atoms with E-state index in [1.807, 2.05) is 6.08 Å². The average molecular weight is 768 g/mol. The molecular formula is C45H85NO8. The van der Waals surface area contributed by atoms with Crippen LogP contribution in [-0.2, 0) is 14.3 Å². The van der Waals surface area contributed by atoms with E-state index in [2.05, 4.69) is 31.3 Å². The molecule has 1 saturated heterocycles. The number of hydrogen-bond acceptors (Lipinski definition) is 8. The van der Waals surface area contributed by atoms with E-state index in [0.717, 1.165) is 38.5 Å². The zero-order valence-electron chi connectivity index (χ0n) is 34.7. The highest BCUT2D eigenvalue weighted by Crippen LogP contribution is 2.22. The van der Waals surface area contributed by atoms with E-state index < -0.39 is 49.5 Å². The Morgan fingerprint density at radius 3 is 1.56 bits per heavy atom. The summed E-state index contributed by atoms with van der Waals surface area (Å²) in [5.74, 6) is -0.186. The third kappa shape index (κ3) is 26.5. The smallest absolute Gasteiger partial charge is 0.220 e. The third-order valence-electron chi connectivity index (χ3n) is 10.8. The van der Waals surface area contributed by atoms with Crippen LogP contribution in [0.15, 0.2) is 24.3 Å². The summed E-state index contributed by atoms with van der Waals surface area (Å²) in [5, 5.41) is 54.1. The first kappa shape index (κ1) is 50.7. The summed E-state index contributed by atoms with van der Waals surface area (Å²) >= 11 is 0. The van der Waals surface area contributed by atoms with Gasteiger partial charge in [0.15, 0.2) is 6.29 Å². The monoisotopic (exact) mass is 768 g/mol. The van der Waals surface area contributed by atoms with Crippen molar-refractivity contribution < 1.29 is 39.8 Å². The first-order valence-electron chi connectivity index (χ1n) is 22.6. The summed E-state index contributed by atoms with van der Waals surface area (Å²) in [7, 11) is 0. The van der Waals surface area contributed by atoms with Gasteiger partial charge in [0.25, 0.3) is 0 Å². The van der Waals surface area contributed by atoms with Crippen molar-refractivity contribution in [3.05, 3.63) is 24.3 Å². The molecule has 0 aromatic carbocycles. The van der Waals surface area contributed by atoms with Crippen molar-refractivity contribution in [2.75, 3.05) is 13.2 Å². The number of carbonyl (C=O) groups excluding carboxylic acids is 1. The number of ether oxygens (including phenoxy) is 2. The van der Waals surface area contributed by atoms with Gasteiger partial charge in [-0.15, -0.1) is 0 Å². The Morgan fingerprint density at radius 1 is 0.611 bits per heavy atom. The summed E-state index contributed by atoms with van der Waals surface area (Å²) in [6.45, 7) is 3.75. The zero-order chi connectivity index (χ0) is 39.5. The Balaban J connectivity index is 2.39. The van der Waals surface area contributed by atoms with Crippen molar-refractivity contribution in [3.8, 4) is 0 Å². The second-order valence-electron chi connectivity index (χ2n) is 15.8. The topological polar surface area (TPSA) is 149 Å². The molecule has 0 aromatic rings. The van der Waals surface area contributed by atoms with Gasteiger partial charge >= 0.3 is 0 Å². The number of aliphatic hydroxyl groups excluding tert-OH is 5. The average Bonchev–Trinajstić information content (AvgIpc) is 3.17. The zero-order valence-corrected chi connectivity index (χ0v) is 34.7. The third-order valence-corrected chi connectivity index (χ3v) is 10.8. The summed E-state index contributed by atoms with van der Waals surface area (Å²) < 4.78 is 11.2. The fraction of sp³-hybridized carbons (Fsp3) is 0.889. The lowest BCUT2D eigenvalue weighted by molar-refractivity contribution is -0.302. The molecule has 1 amide bonds. The number of unbranched alkanes of at least 4 members (excludes halogenated alkanes) is 25. The predicted molar refractivity (Wildman–Crippen MR) is 221 cm³/mol. The molecule has 0 radical (unpaired) electrons. The van der Waals surface area contributed by atoms with E-state index in [1.54, 1.807) is 6.08 Å². The van der Waals surface area contributed by atoms with Gasteiger partial charge in [0.05, 0.1) is 25.4 Å². The summed E-state index contributed by atoms with van der Waals surface area (Å²) in [6, 6.07) is -0.815. The van der Waals surface area contributed by atoms with Crippen LogP contribution in [0, 0.1) is 0 Å². The van der Waals surface area contributed by atoms with Gasteiger partial charge in [-0.25, -0.2) is 0 Å². The number of allylic oxidation sites excluding steroid dienone is 3. The lowest BCUT2D eigenvalue weighted by Crippen LogP contribution is -2.60. The molecule has 0 bridgehead atoms. The maximum atomic E-state index is 12.9. The minimum absolute atomic E-state index is 0.186. The van der Waals surface area contributed by atoms with Crippen LogP contribution in [0.2, 0.25) is 0 Å². The first-order valence-corrected chi connectivity index (χ1v) is 22.6. The molecule has 1 aliphatic heterocycles. The minimum atomic E-state index is -1.57. The van der Waals surface area contributed by atoms with Crippen molar-refractivity contribution in [2.45, 2.75) is 243 Å². The van der Waals surface area contributed by atoms with Crippen LogP contribution in [0.3, 0.4) is 0 Å². The van der Waals surface area contributed by atoms with E-state index in [4.69, 9.17) is 9.47 Å². The molecule has 2 unspecified atom stereocenters. The summed E-state index contributed by atoms with van der Waals surface area (Å²) in [6.07, 6.45) is 35.0. The molecule has 1 fully saturated rings. The van der Waals surface area contributed by atoms with Crippen molar-refractivity contribution in [1.82, 2.24) is 5.32 Å². The molecule has 0 saturated carbocycles. The molecule has 0 aliphatic carbocycles. The van der Waals surface area contributed by atoms with E-state index in [0.29, 0.717) is 6.42 Å². The molecular weight excluding hydrogens is 682 g/mol. The largest absolute Gasteiger partial charge is 0.394 e. The molecule has 9 nitrogen and oxygen atoms in total. The molecule has 54 heavy (non-hydrogen) atoms. The minimum Gasteiger partial charge on any atom is -0.394 e. The standard InChI is InChI=1S/C45H85NO8/c1-3-5-7-9-11-13-15-17-19-21-23-25-27-29-31-33-35-41(49)46-38(37-53-45-44(52)43(51)42(50)40(36-47)54-45)39(48)34-32-30-28-26-24-22-20-18-16-14-12-10-8-6-4-2/h24,26,32,34,38-40,42-45,47-48,50-52H,3-23,25,27-31,33,35-37H2,1-2H3,(H,46,49)/b26-24+,34-32+/t38-,39+,40-,42-,43?,44?,45-/m0/s1. The van der Waals surface area contributed by atoms with Crippen molar-refractivity contribution >= 4 is 5.91 Å². The normalized spacial score (nSPS) is 21.6. The van der Waals surface area contributed by atoms with Crippen LogP contribution in [-0.4, -0.2) is 87.5 Å². The van der Waals surface area contributed by atoms with Gasteiger partial charge in [0.2, 0.25) is 5.91 Å². The molecule has 7 atom stereocenters. The number of nitrogens with one attached hydrogen (secondary N) is 1. The highest BCUT2D eigenvalue weighted by molar-refractivity contribution is 5.76. The van der Waals surface area contributed by atoms with Crippen LogP contribution < -0.4 is 5.32 Å². The molecule has 1 aliphatic rings. The molecule has 318 valence electrons. The van der Waals surface area contributed by atoms with E-state index >= 15 is 0 Å². The lowest BCUT2D eigenvalue weighted by atomic mass is 9.99. The van der Waals surface area contributed by atoms with Crippen LogP contribution in [0.25, 0.3) is 0 Å². The number of aliphatic hydroxyl groups is 5. The van der Waals surface area contributed by atoms with Crippen molar-refractivity contribution in [3.63, 3.8) is 0 Å². The number of amides is 1. The second kappa shape index (κ2) is 36.0. The Labute approximate surface area is 330 Å². The van der Waals surface area contributed by atoms with Crippen LogP contribution >= 0.6 is 0 Å². The number of rotatable bonds is 37. The molecule has 0 spiro atoms. The van der Waals surface area contributed by atoms with Gasteiger partial charge < -0.3 is 40.3 Å². The maximum Gasteiger partial charge on any atom is 0.220 e. The molecule has 9 heteroatoms. The molecule has 0 aromatic heterocycles. The van der Waals surface area contributed by atoms with Crippen LogP contribution in [0.4, 0.5) is 0 Å². The van der Waals surface area contributed by atoms with Gasteiger partial charge in [0.1, 0.15) is 24.4 Å². The molecule has 1 rings (SSSR count). The highest BCUT2D eigenvalue weighted by atomic mass is 16.7. The summed E-state index contributed by atoms with van der Waals surface area (Å²) in [5.41, 5.74) is 0. The van der Waals surface area contributed by atoms with Gasteiger partial charge in [-0.1, -0.05) is 186 Å². The lowest BCUT2D eigenvalue weighted by Gasteiger charge is -2.40. The SMILES string of the molecule is CCCCCCCCCCC/C=C/CC/C=C/[C@@H](O)[C@H](CO[C@H]1O[C@@H](CO)[C@H](O)C(O)C1O)NC(=O)CCCCCCCCCCCCCCCCCC. The van der Waals surface area contributed by atoms with Gasteiger partial charge in [-0.3, -0.25) is 4.79 Å². The predicted octanol–water partition coefficient (Wildman–Crippen LogP) is 9.11. The van der Waals surface area contributed by atoms with Gasteiger partial charge in [0, 0.05) is 6.42 Å². The second-order valence-corrected chi connectivity index (χ2v) is 15.8. The van der Waals surface area contributed by atoms with Crippen molar-refractivity contribution in [1.29, 1.82) is 0 Å². The Bertz CT molecular complexity index is 899. The molecule has 6 N–H and O–H groups in total. The van der Waals surface area contributed by atoms with E-state index in [1.165, 1.54) is 141 Å². The van der Waals surface area contributed by atoms with E-state index in [9.17, 15) is 30.3 Å². The highest BCUT2D eigenvalue weighted by Gasteiger charge is 2.44. The van der Waals surface area contributed by atoms with Gasteiger partial charge in [-0.05, 0) is 32.1 Å². The quantitative estimate of drug-likeness (QED) is 0.0271. The van der Waals surface area contributed by atoms with Crippen LogP contribution in [0.5, 0.6) is 0 Å². The van der Waals surface area contributed by atoms with Gasteiger partial charge in [-0.2, -0.15) is 0 Å². The van der Waals surface area contributed by atoms with Crippen molar-refractivity contribution in [2.24, 2.45) is 0 Å². The fourth-order valence-corrected chi connectivity index (χ4v) is 7.11.